The molecule has 1 aromatic carbocycles. The fourth-order valence-corrected chi connectivity index (χ4v) is 4.61. The molecule has 0 saturated heterocycles. The molecule has 1 aromatic heterocycles. The average molecular weight is 493 g/mol. The van der Waals surface area contributed by atoms with Gasteiger partial charge < -0.3 is 15.7 Å². The second kappa shape index (κ2) is 13.0. The fraction of sp³-hybridized carbons (Fsp3) is 0.480. The quantitative estimate of drug-likeness (QED) is 0.461. The Labute approximate surface area is 208 Å². The van der Waals surface area contributed by atoms with Gasteiger partial charge in [0.2, 0.25) is 5.82 Å². The minimum atomic E-state index is -1.09. The lowest BCUT2D eigenvalue weighted by Gasteiger charge is -2.30. The molecule has 6 nitrogen and oxygen atoms in total. The molecular formula is C25H34Cl2N4O2. The van der Waals surface area contributed by atoms with Gasteiger partial charge >= 0.3 is 5.97 Å². The van der Waals surface area contributed by atoms with E-state index in [1.54, 1.807) is 18.0 Å². The van der Waals surface area contributed by atoms with Gasteiger partial charge in [-0.2, -0.15) is 0 Å². The van der Waals surface area contributed by atoms with E-state index in [0.29, 0.717) is 30.6 Å². The highest BCUT2D eigenvalue weighted by Gasteiger charge is 2.40. The third-order valence-electron chi connectivity index (χ3n) is 6.50. The average Bonchev–Trinajstić information content (AvgIpc) is 3.56. The Morgan fingerprint density at radius 3 is 2.30 bits per heavy atom. The first-order chi connectivity index (χ1) is 15.1. The van der Waals surface area contributed by atoms with Crippen LogP contribution < -0.4 is 10.6 Å². The van der Waals surface area contributed by atoms with Gasteiger partial charge in [-0.15, -0.1) is 24.8 Å². The summed E-state index contributed by atoms with van der Waals surface area (Å²) >= 11 is 0. The first-order valence-electron chi connectivity index (χ1n) is 11.4. The molecule has 8 heteroatoms. The Kier molecular flexibility index (Phi) is 10.8. The number of halogens is 2. The van der Waals surface area contributed by atoms with E-state index in [1.165, 1.54) is 24.8 Å². The Morgan fingerprint density at radius 1 is 1.06 bits per heavy atom. The SMILES string of the molecule is CC/C(=C\c1ccccc1)[C@@H]1C[C@H]1N[C@H]1CC[C@H](NCc2cnc(C(=O)O)nc2)CC1.Cl.Cl. The molecule has 2 aliphatic carbocycles. The Balaban J connectivity index is 0.00000193. The van der Waals surface area contributed by atoms with Gasteiger partial charge in [-0.1, -0.05) is 48.9 Å². The van der Waals surface area contributed by atoms with Crippen LogP contribution >= 0.6 is 24.8 Å². The third-order valence-corrected chi connectivity index (χ3v) is 6.50. The molecule has 2 atom stereocenters. The van der Waals surface area contributed by atoms with Crippen LogP contribution in [0.1, 0.15) is 67.2 Å². The van der Waals surface area contributed by atoms with E-state index < -0.39 is 5.97 Å². The number of nitrogens with zero attached hydrogens (tertiary/aromatic N) is 2. The molecule has 0 aliphatic heterocycles. The molecule has 180 valence electrons. The van der Waals surface area contributed by atoms with Crippen LogP contribution in [-0.4, -0.2) is 39.2 Å². The molecule has 0 radical (unpaired) electrons. The molecule has 2 fully saturated rings. The zero-order valence-electron chi connectivity index (χ0n) is 18.9. The monoisotopic (exact) mass is 492 g/mol. The van der Waals surface area contributed by atoms with Gasteiger partial charge in [-0.05, 0) is 50.0 Å². The molecule has 3 N–H and O–H groups in total. The number of aromatic carboxylic acids is 1. The number of carboxylic acid groups (broad SMARTS) is 1. The highest BCUT2D eigenvalue weighted by molar-refractivity contribution is 5.85. The van der Waals surface area contributed by atoms with Crippen molar-refractivity contribution in [2.75, 3.05) is 0 Å². The standard InChI is InChI=1S/C25H32N4O2.2ClH/c1-2-19(12-17-6-4-3-5-7-17)22-13-23(22)29-21-10-8-20(9-11-21)26-14-18-15-27-24(25(30)31)28-16-18;;/h3-7,12,15-16,20-23,26,29H,2,8-11,13-14H2,1H3,(H,30,31);2*1H/b19-12+;;/t20-,21-,22-,23+;;/m0../s1. The van der Waals surface area contributed by atoms with Crippen molar-refractivity contribution in [1.82, 2.24) is 20.6 Å². The highest BCUT2D eigenvalue weighted by atomic mass is 35.5. The predicted molar refractivity (Wildman–Crippen MR) is 136 cm³/mol. The van der Waals surface area contributed by atoms with Crippen molar-refractivity contribution in [2.45, 2.75) is 70.1 Å². The van der Waals surface area contributed by atoms with Gasteiger partial charge in [-0.25, -0.2) is 14.8 Å². The molecule has 2 aromatic rings. The molecule has 0 unspecified atom stereocenters. The number of benzene rings is 1. The largest absolute Gasteiger partial charge is 0.475 e. The molecular weight excluding hydrogens is 459 g/mol. The van der Waals surface area contributed by atoms with Gasteiger partial charge in [0.1, 0.15) is 0 Å². The van der Waals surface area contributed by atoms with Gasteiger partial charge in [0.05, 0.1) is 0 Å². The van der Waals surface area contributed by atoms with E-state index in [2.05, 4.69) is 63.9 Å². The molecule has 0 bridgehead atoms. The maximum atomic E-state index is 10.8. The van der Waals surface area contributed by atoms with Crippen molar-refractivity contribution in [3.8, 4) is 0 Å². The van der Waals surface area contributed by atoms with E-state index in [0.717, 1.165) is 24.8 Å². The number of carboxylic acids is 1. The Hall–Kier alpha value is -1.99. The zero-order chi connectivity index (χ0) is 21.6. The molecule has 1 heterocycles. The van der Waals surface area contributed by atoms with E-state index in [4.69, 9.17) is 5.11 Å². The maximum Gasteiger partial charge on any atom is 0.373 e. The van der Waals surface area contributed by atoms with Crippen LogP contribution in [0.3, 0.4) is 0 Å². The summed E-state index contributed by atoms with van der Waals surface area (Å²) in [5, 5.41) is 16.4. The first-order valence-corrected chi connectivity index (χ1v) is 11.4. The van der Waals surface area contributed by atoms with Gasteiger partial charge in [0.25, 0.3) is 0 Å². The number of hydrogen-bond acceptors (Lipinski definition) is 5. The van der Waals surface area contributed by atoms with Crippen molar-refractivity contribution in [2.24, 2.45) is 5.92 Å². The van der Waals surface area contributed by atoms with E-state index >= 15 is 0 Å². The summed E-state index contributed by atoms with van der Waals surface area (Å²) in [6.45, 7) is 2.94. The first kappa shape index (κ1) is 27.3. The Bertz CT molecular complexity index is 900. The molecule has 4 rings (SSSR count). The van der Waals surface area contributed by atoms with Crippen LogP contribution in [0.25, 0.3) is 6.08 Å². The van der Waals surface area contributed by atoms with Crippen molar-refractivity contribution < 1.29 is 9.90 Å². The molecule has 2 saturated carbocycles. The number of hydrogen-bond donors (Lipinski definition) is 3. The summed E-state index contributed by atoms with van der Waals surface area (Å²) in [5.74, 6) is -0.557. The maximum absolute atomic E-state index is 10.8. The third kappa shape index (κ3) is 7.78. The van der Waals surface area contributed by atoms with Crippen LogP contribution in [0, 0.1) is 5.92 Å². The van der Waals surface area contributed by atoms with Crippen LogP contribution in [0.4, 0.5) is 0 Å². The van der Waals surface area contributed by atoms with Crippen molar-refractivity contribution in [3.63, 3.8) is 0 Å². The lowest BCUT2D eigenvalue weighted by molar-refractivity contribution is 0.0683. The van der Waals surface area contributed by atoms with E-state index in [9.17, 15) is 4.79 Å². The van der Waals surface area contributed by atoms with E-state index in [1.807, 2.05) is 0 Å². The van der Waals surface area contributed by atoms with Gasteiger partial charge in [0.15, 0.2) is 0 Å². The van der Waals surface area contributed by atoms with Crippen LogP contribution in [-0.2, 0) is 6.54 Å². The number of rotatable bonds is 9. The molecule has 33 heavy (non-hydrogen) atoms. The van der Waals surface area contributed by atoms with Crippen molar-refractivity contribution in [1.29, 1.82) is 0 Å². The minimum Gasteiger partial charge on any atom is -0.475 e. The van der Waals surface area contributed by atoms with Gasteiger partial charge in [-0.3, -0.25) is 0 Å². The summed E-state index contributed by atoms with van der Waals surface area (Å²) in [6, 6.07) is 12.4. The summed E-state index contributed by atoms with van der Waals surface area (Å²) in [7, 11) is 0. The Morgan fingerprint density at radius 2 is 1.70 bits per heavy atom. The second-order valence-corrected chi connectivity index (χ2v) is 8.75. The zero-order valence-corrected chi connectivity index (χ0v) is 20.6. The molecule has 0 amide bonds. The normalized spacial score (nSPS) is 24.3. The molecule has 2 aliphatic rings. The van der Waals surface area contributed by atoms with Crippen LogP contribution in [0.15, 0.2) is 48.3 Å². The number of nitrogens with one attached hydrogen (secondary N) is 2. The molecule has 0 spiro atoms. The lowest BCUT2D eigenvalue weighted by Crippen LogP contribution is -2.40. The smallest absolute Gasteiger partial charge is 0.373 e. The summed E-state index contributed by atoms with van der Waals surface area (Å²) in [5.41, 5.74) is 3.79. The summed E-state index contributed by atoms with van der Waals surface area (Å²) in [6.07, 6.45) is 12.6. The minimum absolute atomic E-state index is 0. The number of carbonyl (C=O) groups is 1. The van der Waals surface area contributed by atoms with Crippen LogP contribution in [0.5, 0.6) is 0 Å². The lowest BCUT2D eigenvalue weighted by atomic mass is 9.91. The second-order valence-electron chi connectivity index (χ2n) is 8.75. The topological polar surface area (TPSA) is 87.1 Å². The summed E-state index contributed by atoms with van der Waals surface area (Å²) in [4.78, 5) is 18.6. The van der Waals surface area contributed by atoms with Crippen molar-refractivity contribution >= 4 is 36.9 Å². The predicted octanol–water partition coefficient (Wildman–Crippen LogP) is 4.89. The van der Waals surface area contributed by atoms with E-state index in [-0.39, 0.29) is 30.6 Å². The van der Waals surface area contributed by atoms with Gasteiger partial charge in [0, 0.05) is 42.6 Å². The van der Waals surface area contributed by atoms with Crippen molar-refractivity contribution in [3.05, 3.63) is 65.2 Å². The number of aromatic nitrogens is 2. The summed E-state index contributed by atoms with van der Waals surface area (Å²) < 4.78 is 0. The fourth-order valence-electron chi connectivity index (χ4n) is 4.61. The van der Waals surface area contributed by atoms with Crippen LogP contribution in [0.2, 0.25) is 0 Å². The highest BCUT2D eigenvalue weighted by Crippen LogP contribution is 2.40.